The summed E-state index contributed by atoms with van der Waals surface area (Å²) in [4.78, 5) is 11.7. The SMILES string of the molecule is CC(C)(NC(=O)Nc1ccc(C(F)(F)F)cc1)/C(N)=N/O. The fraction of sp³-hybridized carbons (Fsp3) is 0.333. The van der Waals surface area contributed by atoms with Crippen molar-refractivity contribution in [2.45, 2.75) is 25.6 Å². The normalized spacial score (nSPS) is 12.9. The number of oxime groups is 1. The molecule has 1 aromatic rings. The average Bonchev–Trinajstić information content (AvgIpc) is 2.36. The third kappa shape index (κ3) is 4.55. The first-order valence-corrected chi connectivity index (χ1v) is 5.80. The van der Waals surface area contributed by atoms with Crippen molar-refractivity contribution in [3.8, 4) is 0 Å². The summed E-state index contributed by atoms with van der Waals surface area (Å²) in [6, 6.07) is 3.25. The second kappa shape index (κ2) is 5.90. The Bertz CT molecular complexity index is 538. The number of nitrogens with two attached hydrogens (primary N) is 1. The largest absolute Gasteiger partial charge is 0.416 e. The Balaban J connectivity index is 2.72. The summed E-state index contributed by atoms with van der Waals surface area (Å²) < 4.78 is 37.1. The lowest BCUT2D eigenvalue weighted by molar-refractivity contribution is -0.137. The van der Waals surface area contributed by atoms with Gasteiger partial charge in [-0.05, 0) is 38.1 Å². The molecule has 2 amide bonds. The number of alkyl halides is 3. The molecule has 0 aliphatic heterocycles. The lowest BCUT2D eigenvalue weighted by Crippen LogP contribution is -2.54. The molecule has 5 N–H and O–H groups in total. The molecular formula is C12H15F3N4O2. The maximum atomic E-state index is 12.4. The van der Waals surface area contributed by atoms with Gasteiger partial charge in [0, 0.05) is 5.69 Å². The number of urea groups is 1. The predicted octanol–water partition coefficient (Wildman–Crippen LogP) is 2.35. The van der Waals surface area contributed by atoms with Crippen molar-refractivity contribution in [1.29, 1.82) is 0 Å². The van der Waals surface area contributed by atoms with E-state index in [1.807, 2.05) is 0 Å². The molecule has 0 fully saturated rings. The molecule has 0 heterocycles. The Morgan fingerprint density at radius 2 is 1.76 bits per heavy atom. The number of rotatable bonds is 3. The predicted molar refractivity (Wildman–Crippen MR) is 71.1 cm³/mol. The fourth-order valence-corrected chi connectivity index (χ4v) is 1.38. The lowest BCUT2D eigenvalue weighted by atomic mass is 10.1. The van der Waals surface area contributed by atoms with E-state index >= 15 is 0 Å². The Morgan fingerprint density at radius 3 is 2.19 bits per heavy atom. The van der Waals surface area contributed by atoms with Crippen molar-refractivity contribution < 1.29 is 23.2 Å². The average molecular weight is 304 g/mol. The number of nitrogens with one attached hydrogen (secondary N) is 2. The van der Waals surface area contributed by atoms with E-state index < -0.39 is 23.3 Å². The van der Waals surface area contributed by atoms with Gasteiger partial charge in [0.15, 0.2) is 5.84 Å². The van der Waals surface area contributed by atoms with E-state index in [4.69, 9.17) is 10.9 Å². The number of amides is 2. The maximum absolute atomic E-state index is 12.4. The topological polar surface area (TPSA) is 99.7 Å². The first-order valence-electron chi connectivity index (χ1n) is 5.80. The summed E-state index contributed by atoms with van der Waals surface area (Å²) in [5.41, 5.74) is 3.63. The first-order chi connectivity index (χ1) is 9.56. The van der Waals surface area contributed by atoms with E-state index in [1.165, 1.54) is 13.8 Å². The highest BCUT2D eigenvalue weighted by atomic mass is 19.4. The zero-order chi connectivity index (χ0) is 16.3. The van der Waals surface area contributed by atoms with Crippen molar-refractivity contribution in [2.24, 2.45) is 10.9 Å². The first kappa shape index (κ1) is 16.6. The number of halogens is 3. The van der Waals surface area contributed by atoms with Crippen LogP contribution in [0, 0.1) is 0 Å². The van der Waals surface area contributed by atoms with Gasteiger partial charge in [0.2, 0.25) is 0 Å². The Hall–Kier alpha value is -2.45. The zero-order valence-corrected chi connectivity index (χ0v) is 11.3. The third-order valence-electron chi connectivity index (χ3n) is 2.64. The highest BCUT2D eigenvalue weighted by Crippen LogP contribution is 2.29. The molecule has 9 heteroatoms. The molecule has 0 atom stereocenters. The number of benzene rings is 1. The van der Waals surface area contributed by atoms with E-state index in [9.17, 15) is 18.0 Å². The molecule has 0 saturated carbocycles. The summed E-state index contributed by atoms with van der Waals surface area (Å²) in [5, 5.41) is 16.1. The number of hydrogen-bond donors (Lipinski definition) is 4. The molecule has 0 aliphatic carbocycles. The van der Waals surface area contributed by atoms with Crippen molar-refractivity contribution in [2.75, 3.05) is 5.32 Å². The van der Waals surface area contributed by atoms with Gasteiger partial charge in [0.25, 0.3) is 0 Å². The summed E-state index contributed by atoms with van der Waals surface area (Å²) >= 11 is 0. The zero-order valence-electron chi connectivity index (χ0n) is 11.3. The van der Waals surface area contributed by atoms with E-state index in [-0.39, 0.29) is 11.5 Å². The summed E-state index contributed by atoms with van der Waals surface area (Å²) in [6.07, 6.45) is -4.44. The van der Waals surface area contributed by atoms with E-state index in [2.05, 4.69) is 15.8 Å². The molecule has 1 aromatic carbocycles. The molecular weight excluding hydrogens is 289 g/mol. The number of anilines is 1. The number of hydrogen-bond acceptors (Lipinski definition) is 3. The van der Waals surface area contributed by atoms with E-state index in [0.29, 0.717) is 0 Å². The number of nitrogens with zero attached hydrogens (tertiary/aromatic N) is 1. The standard InChI is InChI=1S/C12H15F3N4O2/c1-11(2,9(16)19-21)18-10(20)17-8-5-3-7(4-6-8)12(13,14)15/h3-6,21H,1-2H3,(H2,16,19)(H2,17,18,20). The lowest BCUT2D eigenvalue weighted by Gasteiger charge is -2.24. The molecule has 0 aromatic heterocycles. The van der Waals surface area contributed by atoms with Crippen molar-refractivity contribution in [3.05, 3.63) is 29.8 Å². The maximum Gasteiger partial charge on any atom is 0.416 e. The van der Waals surface area contributed by atoms with Gasteiger partial charge in [-0.15, -0.1) is 0 Å². The summed E-state index contributed by atoms with van der Waals surface area (Å²) in [7, 11) is 0. The summed E-state index contributed by atoms with van der Waals surface area (Å²) in [6.45, 7) is 2.99. The molecule has 0 aliphatic rings. The third-order valence-corrected chi connectivity index (χ3v) is 2.64. The van der Waals surface area contributed by atoms with Crippen LogP contribution in [0.1, 0.15) is 19.4 Å². The van der Waals surface area contributed by atoms with E-state index in [0.717, 1.165) is 24.3 Å². The Kier molecular flexibility index (Phi) is 4.66. The molecule has 116 valence electrons. The van der Waals surface area contributed by atoms with Crippen molar-refractivity contribution in [3.63, 3.8) is 0 Å². The van der Waals surface area contributed by atoms with Crippen LogP contribution in [-0.4, -0.2) is 22.6 Å². The van der Waals surface area contributed by atoms with Crippen LogP contribution in [0.5, 0.6) is 0 Å². The molecule has 0 saturated heterocycles. The van der Waals surface area contributed by atoms with Gasteiger partial charge < -0.3 is 21.6 Å². The number of carbonyl (C=O) groups excluding carboxylic acids is 1. The number of carbonyl (C=O) groups is 1. The molecule has 1 rings (SSSR count). The minimum absolute atomic E-state index is 0.177. The van der Waals surface area contributed by atoms with Gasteiger partial charge in [0.1, 0.15) is 0 Å². The minimum Gasteiger partial charge on any atom is -0.409 e. The van der Waals surface area contributed by atoms with Crippen LogP contribution in [0.25, 0.3) is 0 Å². The fourth-order valence-electron chi connectivity index (χ4n) is 1.38. The van der Waals surface area contributed by atoms with Gasteiger partial charge in [0.05, 0.1) is 11.1 Å². The van der Waals surface area contributed by atoms with Crippen molar-refractivity contribution >= 4 is 17.6 Å². The van der Waals surface area contributed by atoms with Gasteiger partial charge in [-0.3, -0.25) is 0 Å². The molecule has 0 spiro atoms. The second-order valence-corrected chi connectivity index (χ2v) is 4.76. The monoisotopic (exact) mass is 304 g/mol. The van der Waals surface area contributed by atoms with Gasteiger partial charge in [-0.25, -0.2) is 4.79 Å². The molecule has 0 radical (unpaired) electrons. The van der Waals surface area contributed by atoms with Crippen LogP contribution in [0.4, 0.5) is 23.7 Å². The molecule has 0 unspecified atom stereocenters. The van der Waals surface area contributed by atoms with Gasteiger partial charge in [-0.1, -0.05) is 5.16 Å². The van der Waals surface area contributed by atoms with Crippen LogP contribution in [0.15, 0.2) is 29.4 Å². The second-order valence-electron chi connectivity index (χ2n) is 4.76. The number of amidine groups is 1. The van der Waals surface area contributed by atoms with Gasteiger partial charge in [-0.2, -0.15) is 13.2 Å². The van der Waals surface area contributed by atoms with Crippen LogP contribution >= 0.6 is 0 Å². The molecule has 0 bridgehead atoms. The summed E-state index contributed by atoms with van der Waals surface area (Å²) in [5.74, 6) is -0.218. The van der Waals surface area contributed by atoms with Crippen LogP contribution < -0.4 is 16.4 Å². The smallest absolute Gasteiger partial charge is 0.409 e. The van der Waals surface area contributed by atoms with Crippen LogP contribution in [0.2, 0.25) is 0 Å². The highest BCUT2D eigenvalue weighted by molar-refractivity contribution is 5.96. The Labute approximate surface area is 118 Å². The van der Waals surface area contributed by atoms with Gasteiger partial charge >= 0.3 is 12.2 Å². The van der Waals surface area contributed by atoms with E-state index in [1.54, 1.807) is 0 Å². The minimum atomic E-state index is -4.44. The highest BCUT2D eigenvalue weighted by Gasteiger charge is 2.30. The quantitative estimate of drug-likeness (QED) is 0.298. The molecule has 21 heavy (non-hydrogen) atoms. The Morgan fingerprint density at radius 1 is 1.24 bits per heavy atom. The van der Waals surface area contributed by atoms with Crippen molar-refractivity contribution in [1.82, 2.24) is 5.32 Å². The van der Waals surface area contributed by atoms with Crippen LogP contribution in [0.3, 0.4) is 0 Å². The van der Waals surface area contributed by atoms with Crippen LogP contribution in [-0.2, 0) is 6.18 Å². The molecule has 6 nitrogen and oxygen atoms in total.